The molecular weight excluding hydrogens is 340 g/mol. The van der Waals surface area contributed by atoms with E-state index in [0.717, 1.165) is 12.8 Å². The summed E-state index contributed by atoms with van der Waals surface area (Å²) in [5, 5.41) is 2.67. The SMILES string of the molecule is CCCc1ccc(NC(=O)CNS(=O)(=O)c2ccc(OC)cc2)cc1. The zero-order valence-corrected chi connectivity index (χ0v) is 15.1. The van der Waals surface area contributed by atoms with Crippen molar-refractivity contribution >= 4 is 21.6 Å². The molecule has 2 aromatic carbocycles. The lowest BCUT2D eigenvalue weighted by Gasteiger charge is -2.09. The maximum absolute atomic E-state index is 12.2. The molecule has 1 amide bonds. The number of hydrogen-bond acceptors (Lipinski definition) is 4. The molecule has 0 fully saturated rings. The van der Waals surface area contributed by atoms with Crippen molar-refractivity contribution < 1.29 is 17.9 Å². The molecule has 0 bridgehead atoms. The average molecular weight is 362 g/mol. The van der Waals surface area contributed by atoms with Gasteiger partial charge in [-0.1, -0.05) is 25.5 Å². The number of carbonyl (C=O) groups is 1. The van der Waals surface area contributed by atoms with E-state index in [9.17, 15) is 13.2 Å². The number of ether oxygens (including phenoxy) is 1. The Kier molecular flexibility index (Phi) is 6.55. The van der Waals surface area contributed by atoms with Crippen LogP contribution in [0, 0.1) is 0 Å². The third-order valence-electron chi connectivity index (χ3n) is 3.57. The molecule has 25 heavy (non-hydrogen) atoms. The standard InChI is InChI=1S/C18H22N2O4S/c1-3-4-14-5-7-15(8-6-14)20-18(21)13-19-25(22,23)17-11-9-16(24-2)10-12-17/h5-12,19H,3-4,13H2,1-2H3,(H,20,21). The average Bonchev–Trinajstić information content (AvgIpc) is 2.62. The first-order chi connectivity index (χ1) is 11.9. The van der Waals surface area contributed by atoms with Gasteiger partial charge in [-0.05, 0) is 48.4 Å². The second kappa shape index (κ2) is 8.64. The molecule has 2 aromatic rings. The van der Waals surface area contributed by atoms with Crippen LogP contribution in [-0.2, 0) is 21.2 Å². The molecule has 6 nitrogen and oxygen atoms in total. The molecule has 0 aliphatic rings. The molecule has 0 heterocycles. The van der Waals surface area contributed by atoms with Crippen molar-refractivity contribution in [3.63, 3.8) is 0 Å². The second-order valence-corrected chi connectivity index (χ2v) is 7.26. The fourth-order valence-corrected chi connectivity index (χ4v) is 3.23. The van der Waals surface area contributed by atoms with E-state index in [1.807, 2.05) is 12.1 Å². The van der Waals surface area contributed by atoms with Gasteiger partial charge < -0.3 is 10.1 Å². The van der Waals surface area contributed by atoms with Crippen molar-refractivity contribution in [1.29, 1.82) is 0 Å². The predicted octanol–water partition coefficient (Wildman–Crippen LogP) is 2.56. The van der Waals surface area contributed by atoms with Crippen LogP contribution >= 0.6 is 0 Å². The molecule has 2 rings (SSSR count). The van der Waals surface area contributed by atoms with Crippen LogP contribution in [-0.4, -0.2) is 28.0 Å². The van der Waals surface area contributed by atoms with Crippen molar-refractivity contribution in [2.75, 3.05) is 19.0 Å². The summed E-state index contributed by atoms with van der Waals surface area (Å²) < 4.78 is 31.6. The number of amides is 1. The zero-order chi connectivity index (χ0) is 18.3. The lowest BCUT2D eigenvalue weighted by Crippen LogP contribution is -2.32. The minimum absolute atomic E-state index is 0.0741. The van der Waals surface area contributed by atoms with E-state index in [1.54, 1.807) is 24.3 Å². The summed E-state index contributed by atoms with van der Waals surface area (Å²) >= 11 is 0. The molecule has 0 atom stereocenters. The minimum atomic E-state index is -3.75. The van der Waals surface area contributed by atoms with Crippen molar-refractivity contribution in [3.05, 3.63) is 54.1 Å². The molecule has 7 heteroatoms. The lowest BCUT2D eigenvalue weighted by molar-refractivity contribution is -0.115. The lowest BCUT2D eigenvalue weighted by atomic mass is 10.1. The number of methoxy groups -OCH3 is 1. The Morgan fingerprint density at radius 3 is 2.24 bits per heavy atom. The smallest absolute Gasteiger partial charge is 0.241 e. The number of hydrogen-bond donors (Lipinski definition) is 2. The summed E-state index contributed by atoms with van der Waals surface area (Å²) in [5.41, 5.74) is 1.83. The Hall–Kier alpha value is -2.38. The van der Waals surface area contributed by atoms with Crippen molar-refractivity contribution in [2.45, 2.75) is 24.7 Å². The first-order valence-corrected chi connectivity index (χ1v) is 9.45. The van der Waals surface area contributed by atoms with Gasteiger partial charge in [-0.3, -0.25) is 4.79 Å². The van der Waals surface area contributed by atoms with E-state index in [1.165, 1.54) is 24.8 Å². The van der Waals surface area contributed by atoms with Crippen LogP contribution in [0.1, 0.15) is 18.9 Å². The quantitative estimate of drug-likeness (QED) is 0.756. The van der Waals surface area contributed by atoms with Gasteiger partial charge in [0.2, 0.25) is 15.9 Å². The Balaban J connectivity index is 1.91. The Morgan fingerprint density at radius 2 is 1.68 bits per heavy atom. The van der Waals surface area contributed by atoms with E-state index >= 15 is 0 Å². The van der Waals surface area contributed by atoms with Crippen molar-refractivity contribution in [2.24, 2.45) is 0 Å². The molecule has 0 aromatic heterocycles. The summed E-state index contributed by atoms with van der Waals surface area (Å²) in [4.78, 5) is 12.0. The molecule has 0 radical (unpaired) electrons. The molecule has 0 aliphatic carbocycles. The molecule has 0 spiro atoms. The first-order valence-electron chi connectivity index (χ1n) is 7.97. The summed E-state index contributed by atoms with van der Waals surface area (Å²) in [6.07, 6.45) is 2.04. The fraction of sp³-hybridized carbons (Fsp3) is 0.278. The van der Waals surface area contributed by atoms with Gasteiger partial charge in [0.05, 0.1) is 18.6 Å². The summed E-state index contributed by atoms with van der Waals surface area (Å²) in [6.45, 7) is 1.76. The molecule has 0 saturated carbocycles. The van der Waals surface area contributed by atoms with Crippen molar-refractivity contribution in [1.82, 2.24) is 4.72 Å². The van der Waals surface area contributed by atoms with Crippen molar-refractivity contribution in [3.8, 4) is 5.75 Å². The topological polar surface area (TPSA) is 84.5 Å². The highest BCUT2D eigenvalue weighted by molar-refractivity contribution is 7.89. The molecule has 0 unspecified atom stereocenters. The van der Waals surface area contributed by atoms with Crippen LogP contribution in [0.4, 0.5) is 5.69 Å². The molecule has 134 valence electrons. The Morgan fingerprint density at radius 1 is 1.04 bits per heavy atom. The Bertz CT molecular complexity index is 800. The fourth-order valence-electron chi connectivity index (χ4n) is 2.25. The Labute approximate surface area is 148 Å². The predicted molar refractivity (Wildman–Crippen MR) is 97.2 cm³/mol. The van der Waals surface area contributed by atoms with Gasteiger partial charge in [-0.2, -0.15) is 0 Å². The van der Waals surface area contributed by atoms with Crippen LogP contribution < -0.4 is 14.8 Å². The van der Waals surface area contributed by atoms with E-state index in [-0.39, 0.29) is 11.4 Å². The number of carbonyl (C=O) groups excluding carboxylic acids is 1. The van der Waals surface area contributed by atoms with Crippen LogP contribution in [0.3, 0.4) is 0 Å². The number of benzene rings is 2. The number of anilines is 1. The molecule has 2 N–H and O–H groups in total. The number of nitrogens with one attached hydrogen (secondary N) is 2. The summed E-state index contributed by atoms with van der Waals surface area (Å²) in [5.74, 6) is 0.128. The van der Waals surface area contributed by atoms with E-state index in [4.69, 9.17) is 4.74 Å². The molecular formula is C18H22N2O4S. The van der Waals surface area contributed by atoms with Gasteiger partial charge >= 0.3 is 0 Å². The van der Waals surface area contributed by atoms with Gasteiger partial charge in [0, 0.05) is 5.69 Å². The highest BCUT2D eigenvalue weighted by Gasteiger charge is 2.15. The normalized spacial score (nSPS) is 11.1. The van der Waals surface area contributed by atoms with Crippen LogP contribution in [0.2, 0.25) is 0 Å². The van der Waals surface area contributed by atoms with Crippen LogP contribution in [0.25, 0.3) is 0 Å². The molecule has 0 saturated heterocycles. The third kappa shape index (κ3) is 5.58. The first kappa shape index (κ1) is 19.0. The monoisotopic (exact) mass is 362 g/mol. The third-order valence-corrected chi connectivity index (χ3v) is 4.99. The van der Waals surface area contributed by atoms with Gasteiger partial charge in [-0.15, -0.1) is 0 Å². The largest absolute Gasteiger partial charge is 0.497 e. The highest BCUT2D eigenvalue weighted by atomic mass is 32.2. The zero-order valence-electron chi connectivity index (χ0n) is 14.3. The van der Waals surface area contributed by atoms with E-state index in [2.05, 4.69) is 17.0 Å². The van der Waals surface area contributed by atoms with Gasteiger partial charge in [0.1, 0.15) is 5.75 Å². The highest BCUT2D eigenvalue weighted by Crippen LogP contribution is 2.15. The van der Waals surface area contributed by atoms with E-state index < -0.39 is 15.9 Å². The number of sulfonamides is 1. The number of aryl methyl sites for hydroxylation is 1. The van der Waals surface area contributed by atoms with Crippen LogP contribution in [0.5, 0.6) is 5.75 Å². The maximum Gasteiger partial charge on any atom is 0.241 e. The second-order valence-electron chi connectivity index (χ2n) is 5.50. The summed E-state index contributed by atoms with van der Waals surface area (Å²) in [6, 6.07) is 13.4. The summed E-state index contributed by atoms with van der Waals surface area (Å²) in [7, 11) is -2.25. The van der Waals surface area contributed by atoms with Gasteiger partial charge in [0.25, 0.3) is 0 Å². The number of rotatable bonds is 8. The van der Waals surface area contributed by atoms with E-state index in [0.29, 0.717) is 11.4 Å². The minimum Gasteiger partial charge on any atom is -0.497 e. The maximum atomic E-state index is 12.2. The van der Waals surface area contributed by atoms with Gasteiger partial charge in [0.15, 0.2) is 0 Å². The molecule has 0 aliphatic heterocycles. The van der Waals surface area contributed by atoms with Gasteiger partial charge in [-0.25, -0.2) is 13.1 Å². The van der Waals surface area contributed by atoms with Crippen LogP contribution in [0.15, 0.2) is 53.4 Å².